The Morgan fingerprint density at radius 3 is 2.48 bits per heavy atom. The normalized spacial score (nSPS) is 15.8. The zero-order valence-corrected chi connectivity index (χ0v) is 14.0. The molecule has 1 aliphatic rings. The van der Waals surface area contributed by atoms with Crippen LogP contribution >= 0.6 is 0 Å². The van der Waals surface area contributed by atoms with E-state index in [4.69, 9.17) is 5.11 Å². The highest BCUT2D eigenvalue weighted by molar-refractivity contribution is 7.85. The summed E-state index contributed by atoms with van der Waals surface area (Å²) < 4.78 is 12.3. The van der Waals surface area contributed by atoms with Crippen molar-refractivity contribution in [2.45, 2.75) is 31.8 Å². The second-order valence-corrected chi connectivity index (χ2v) is 7.80. The summed E-state index contributed by atoms with van der Waals surface area (Å²) in [4.78, 5) is 11.6. The summed E-state index contributed by atoms with van der Waals surface area (Å²) in [5, 5.41) is 12.6. The number of rotatable bonds is 4. The van der Waals surface area contributed by atoms with E-state index in [2.05, 4.69) is 31.4 Å². The van der Waals surface area contributed by atoms with Crippen LogP contribution in [0.5, 0.6) is 0 Å². The first kappa shape index (κ1) is 16.0. The average molecular weight is 332 g/mol. The smallest absolute Gasteiger partial charge is 0.419 e. The first-order valence-corrected chi connectivity index (χ1v) is 8.92. The molecule has 122 valence electrons. The molecule has 6 heteroatoms. The van der Waals surface area contributed by atoms with E-state index in [9.17, 15) is 9.00 Å². The van der Waals surface area contributed by atoms with Crippen LogP contribution < -0.4 is 5.43 Å². The Balaban J connectivity index is 1.89. The van der Waals surface area contributed by atoms with Crippen molar-refractivity contribution in [2.24, 2.45) is 5.92 Å². The van der Waals surface area contributed by atoms with Gasteiger partial charge in [-0.2, -0.15) is 0 Å². The summed E-state index contributed by atoms with van der Waals surface area (Å²) in [6, 6.07) is 10.1. The number of hydrogen-bond acceptors (Lipinski definition) is 3. The van der Waals surface area contributed by atoms with E-state index < -0.39 is 16.9 Å². The molecule has 2 N–H and O–H groups in total. The number of carboxylic acid groups (broad SMARTS) is 1. The quantitative estimate of drug-likeness (QED) is 0.902. The lowest BCUT2D eigenvalue weighted by molar-refractivity contribution is 0.139. The van der Waals surface area contributed by atoms with Crippen molar-refractivity contribution in [3.63, 3.8) is 0 Å². The molecule has 1 amide bonds. The largest absolute Gasteiger partial charge is 0.464 e. The van der Waals surface area contributed by atoms with E-state index in [1.54, 1.807) is 5.01 Å². The molecule has 0 fully saturated rings. The van der Waals surface area contributed by atoms with Gasteiger partial charge in [0.25, 0.3) is 0 Å². The Bertz CT molecular complexity index is 789. The number of nitrogens with one attached hydrogen (secondary N) is 1. The Labute approximate surface area is 137 Å². The van der Waals surface area contributed by atoms with Gasteiger partial charge in [0.05, 0.1) is 10.8 Å². The molecule has 0 radical (unpaired) electrons. The van der Waals surface area contributed by atoms with Crippen LogP contribution in [0.2, 0.25) is 0 Å². The van der Waals surface area contributed by atoms with Gasteiger partial charge in [-0.3, -0.25) is 9.63 Å². The predicted octanol–water partition coefficient (Wildman–Crippen LogP) is 3.10. The molecule has 1 aliphatic heterocycles. The van der Waals surface area contributed by atoms with Crippen LogP contribution in [0.3, 0.4) is 0 Å². The van der Waals surface area contributed by atoms with Gasteiger partial charge in [-0.05, 0) is 52.1 Å². The summed E-state index contributed by atoms with van der Waals surface area (Å²) in [5.74, 6) is 1.05. The molecule has 5 nitrogen and oxygen atoms in total. The number of hydrogen-bond donors (Lipinski definition) is 2. The van der Waals surface area contributed by atoms with Crippen LogP contribution in [0.15, 0.2) is 35.2 Å². The second kappa shape index (κ2) is 6.29. The molecular weight excluding hydrogens is 312 g/mol. The Hall–Kier alpha value is -1.92. The number of benzene rings is 2. The van der Waals surface area contributed by atoms with Crippen LogP contribution in [0.1, 0.15) is 25.0 Å². The molecular formula is C17H20N2O3S. The summed E-state index contributed by atoms with van der Waals surface area (Å²) in [7, 11) is -0.983. The highest BCUT2D eigenvalue weighted by Gasteiger charge is 2.21. The van der Waals surface area contributed by atoms with Crippen molar-refractivity contribution in [3.8, 4) is 0 Å². The van der Waals surface area contributed by atoms with Crippen LogP contribution in [0.4, 0.5) is 4.79 Å². The van der Waals surface area contributed by atoms with Gasteiger partial charge < -0.3 is 5.11 Å². The number of nitrogens with zero attached hydrogens (tertiary/aromatic N) is 1. The molecule has 0 saturated carbocycles. The Morgan fingerprint density at radius 2 is 1.87 bits per heavy atom. The summed E-state index contributed by atoms with van der Waals surface area (Å²) in [6.07, 6.45) is -1.05. The number of hydrazine groups is 1. The Morgan fingerprint density at radius 1 is 1.22 bits per heavy atom. The zero-order valence-electron chi connectivity index (χ0n) is 13.2. The van der Waals surface area contributed by atoms with Crippen LogP contribution in [0.25, 0.3) is 10.8 Å². The van der Waals surface area contributed by atoms with Crippen molar-refractivity contribution >= 4 is 27.7 Å². The van der Waals surface area contributed by atoms with E-state index in [1.165, 1.54) is 0 Å². The van der Waals surface area contributed by atoms with Gasteiger partial charge in [-0.25, -0.2) is 9.80 Å². The third-order valence-electron chi connectivity index (χ3n) is 3.85. The average Bonchev–Trinajstić information content (AvgIpc) is 2.83. The molecule has 0 spiro atoms. The van der Waals surface area contributed by atoms with Crippen molar-refractivity contribution in [1.82, 2.24) is 10.4 Å². The molecule has 23 heavy (non-hydrogen) atoms. The summed E-state index contributed by atoms with van der Waals surface area (Å²) >= 11 is 0. The van der Waals surface area contributed by atoms with Gasteiger partial charge in [-0.15, -0.1) is 0 Å². The van der Waals surface area contributed by atoms with Crippen molar-refractivity contribution in [3.05, 3.63) is 41.5 Å². The standard InChI is InChI=1S/C17H20N2O3S/c1-11(2)10-23(22)16-4-3-12-5-14-8-19(18-17(20)21)9-15(14)6-13(12)7-16/h3-7,11,18H,8-10H2,1-2H3,(H,20,21). The molecule has 0 saturated heterocycles. The monoisotopic (exact) mass is 332 g/mol. The number of carbonyl (C=O) groups is 1. The zero-order chi connectivity index (χ0) is 16.6. The van der Waals surface area contributed by atoms with Crippen LogP contribution in [-0.4, -0.2) is 26.2 Å². The Kier molecular flexibility index (Phi) is 4.37. The van der Waals surface area contributed by atoms with Crippen LogP contribution in [0, 0.1) is 5.92 Å². The number of amides is 1. The highest BCUT2D eigenvalue weighted by atomic mass is 32.2. The summed E-state index contributed by atoms with van der Waals surface area (Å²) in [5.41, 5.74) is 4.63. The van der Waals surface area contributed by atoms with E-state index >= 15 is 0 Å². The molecule has 0 aliphatic carbocycles. The topological polar surface area (TPSA) is 69.6 Å². The minimum atomic E-state index is -1.05. The molecule has 0 aromatic heterocycles. The van der Waals surface area contributed by atoms with Gasteiger partial charge in [0.15, 0.2) is 0 Å². The van der Waals surface area contributed by atoms with Gasteiger partial charge in [-0.1, -0.05) is 19.9 Å². The maximum atomic E-state index is 12.3. The summed E-state index contributed by atoms with van der Waals surface area (Å²) in [6.45, 7) is 5.25. The molecule has 1 heterocycles. The fraction of sp³-hybridized carbons (Fsp3) is 0.353. The van der Waals surface area contributed by atoms with Crippen LogP contribution in [-0.2, 0) is 23.9 Å². The van der Waals surface area contributed by atoms with E-state index in [1.807, 2.05) is 18.2 Å². The SMILES string of the molecule is CC(C)CS(=O)c1ccc2cc3c(cc2c1)CN(NC(=O)O)C3. The van der Waals surface area contributed by atoms with Gasteiger partial charge in [0.1, 0.15) is 0 Å². The first-order chi connectivity index (χ1) is 10.9. The number of fused-ring (bicyclic) bond motifs is 2. The first-order valence-electron chi connectivity index (χ1n) is 7.61. The lowest BCUT2D eigenvalue weighted by Gasteiger charge is -2.12. The molecule has 2 aromatic rings. The lowest BCUT2D eigenvalue weighted by atomic mass is 10.0. The molecule has 3 rings (SSSR count). The van der Waals surface area contributed by atoms with Crippen molar-refractivity contribution in [1.29, 1.82) is 0 Å². The molecule has 1 unspecified atom stereocenters. The van der Waals surface area contributed by atoms with E-state index in [0.29, 0.717) is 24.8 Å². The second-order valence-electron chi connectivity index (χ2n) is 6.31. The fourth-order valence-corrected chi connectivity index (χ4v) is 4.16. The minimum absolute atomic E-state index is 0.391. The third-order valence-corrected chi connectivity index (χ3v) is 5.60. The van der Waals surface area contributed by atoms with Gasteiger partial charge >= 0.3 is 6.09 Å². The third kappa shape index (κ3) is 3.54. The highest BCUT2D eigenvalue weighted by Crippen LogP contribution is 2.28. The fourth-order valence-electron chi connectivity index (χ4n) is 2.89. The maximum absolute atomic E-state index is 12.3. The van der Waals surface area contributed by atoms with E-state index in [-0.39, 0.29) is 0 Å². The molecule has 2 aromatic carbocycles. The van der Waals surface area contributed by atoms with Crippen molar-refractivity contribution in [2.75, 3.05) is 5.75 Å². The molecule has 0 bridgehead atoms. The minimum Gasteiger partial charge on any atom is -0.464 e. The predicted molar refractivity (Wildman–Crippen MR) is 90.5 cm³/mol. The van der Waals surface area contributed by atoms with Crippen molar-refractivity contribution < 1.29 is 14.1 Å². The van der Waals surface area contributed by atoms with Gasteiger partial charge in [0, 0.05) is 23.7 Å². The van der Waals surface area contributed by atoms with Gasteiger partial charge in [0.2, 0.25) is 0 Å². The molecule has 1 atom stereocenters. The lowest BCUT2D eigenvalue weighted by Crippen LogP contribution is -2.37. The maximum Gasteiger partial charge on any atom is 0.419 e. The van der Waals surface area contributed by atoms with E-state index in [0.717, 1.165) is 26.8 Å².